The smallest absolute Gasteiger partial charge is 0.300 e. The minimum atomic E-state index is -0.437. The maximum atomic E-state index is 11.1. The van der Waals surface area contributed by atoms with Crippen molar-refractivity contribution in [3.8, 4) is 0 Å². The minimum Gasteiger partial charge on any atom is -0.376 e. The van der Waals surface area contributed by atoms with Gasteiger partial charge in [0.05, 0.1) is 0 Å². The van der Waals surface area contributed by atoms with Crippen LogP contribution in [0.25, 0.3) is 11.2 Å². The highest BCUT2D eigenvalue weighted by atomic mass is 16.3. The van der Waals surface area contributed by atoms with Crippen LogP contribution in [0.1, 0.15) is 0 Å². The highest BCUT2D eigenvalue weighted by Crippen LogP contribution is 1.99. The van der Waals surface area contributed by atoms with Gasteiger partial charge in [0.15, 0.2) is 11.2 Å². The van der Waals surface area contributed by atoms with E-state index < -0.39 is 5.56 Å². The SMILES string of the molecule is O=c1ncn(CO)c2nccnc12. The number of aromatic nitrogens is 4. The minimum absolute atomic E-state index is 0.166. The molecule has 6 heteroatoms. The Bertz CT molecular complexity index is 493. The molecule has 0 radical (unpaired) electrons. The van der Waals surface area contributed by atoms with Gasteiger partial charge in [0.25, 0.3) is 0 Å². The van der Waals surface area contributed by atoms with Gasteiger partial charge in [0.1, 0.15) is 13.1 Å². The Morgan fingerprint density at radius 3 is 2.85 bits per heavy atom. The van der Waals surface area contributed by atoms with Crippen molar-refractivity contribution >= 4 is 11.2 Å². The molecule has 1 N–H and O–H groups in total. The first-order valence-electron chi connectivity index (χ1n) is 3.60. The molecular formula is C7H6N4O2. The maximum Gasteiger partial charge on any atom is 0.300 e. The first-order valence-corrected chi connectivity index (χ1v) is 3.60. The fourth-order valence-electron chi connectivity index (χ4n) is 1.03. The van der Waals surface area contributed by atoms with Crippen LogP contribution in [0.5, 0.6) is 0 Å². The van der Waals surface area contributed by atoms with Gasteiger partial charge >= 0.3 is 5.56 Å². The molecule has 66 valence electrons. The molecule has 6 nitrogen and oxygen atoms in total. The first-order chi connectivity index (χ1) is 6.33. The largest absolute Gasteiger partial charge is 0.376 e. The van der Waals surface area contributed by atoms with Crippen molar-refractivity contribution in [2.45, 2.75) is 6.73 Å². The molecular weight excluding hydrogens is 172 g/mol. The molecule has 0 fully saturated rings. The molecule has 2 heterocycles. The summed E-state index contributed by atoms with van der Waals surface area (Å²) in [6.45, 7) is -0.275. The van der Waals surface area contributed by atoms with E-state index in [2.05, 4.69) is 15.0 Å². The van der Waals surface area contributed by atoms with Gasteiger partial charge in [0.2, 0.25) is 0 Å². The monoisotopic (exact) mass is 178 g/mol. The summed E-state index contributed by atoms with van der Waals surface area (Å²) in [5, 5.41) is 8.88. The van der Waals surface area contributed by atoms with Crippen LogP contribution in [0.3, 0.4) is 0 Å². The second-order valence-corrected chi connectivity index (χ2v) is 2.39. The zero-order valence-corrected chi connectivity index (χ0v) is 6.58. The van der Waals surface area contributed by atoms with Gasteiger partial charge in [-0.2, -0.15) is 4.98 Å². The molecule has 0 saturated carbocycles. The van der Waals surface area contributed by atoms with Crippen LogP contribution in [-0.4, -0.2) is 24.6 Å². The highest BCUT2D eigenvalue weighted by molar-refractivity contribution is 5.67. The van der Waals surface area contributed by atoms with Crippen LogP contribution in [0.4, 0.5) is 0 Å². The summed E-state index contributed by atoms with van der Waals surface area (Å²) in [5.74, 6) is 0. The third-order valence-corrected chi connectivity index (χ3v) is 1.62. The van der Waals surface area contributed by atoms with E-state index in [-0.39, 0.29) is 12.2 Å². The molecule has 0 unspecified atom stereocenters. The van der Waals surface area contributed by atoms with Crippen LogP contribution in [0.2, 0.25) is 0 Å². The number of aliphatic hydroxyl groups excluding tert-OH is 1. The Kier molecular flexibility index (Phi) is 1.75. The summed E-state index contributed by atoms with van der Waals surface area (Å²) in [6, 6.07) is 0. The van der Waals surface area contributed by atoms with Gasteiger partial charge in [-0.1, -0.05) is 0 Å². The van der Waals surface area contributed by atoms with Gasteiger partial charge in [-0.05, 0) is 0 Å². The number of rotatable bonds is 1. The Labute approximate surface area is 72.5 Å². The van der Waals surface area contributed by atoms with Gasteiger partial charge < -0.3 is 5.11 Å². The van der Waals surface area contributed by atoms with E-state index in [0.717, 1.165) is 0 Å². The number of hydrogen-bond acceptors (Lipinski definition) is 5. The standard InChI is InChI=1S/C7H6N4O2/c12-4-11-3-10-7(13)5-6(11)9-2-1-8-5/h1-3,12H,4H2. The first kappa shape index (κ1) is 7.81. The normalized spacial score (nSPS) is 10.5. The van der Waals surface area contributed by atoms with E-state index in [1.807, 2.05) is 0 Å². The van der Waals surface area contributed by atoms with Crippen molar-refractivity contribution in [3.05, 3.63) is 29.1 Å². The zero-order valence-electron chi connectivity index (χ0n) is 6.58. The van der Waals surface area contributed by atoms with Crippen molar-refractivity contribution in [3.63, 3.8) is 0 Å². The molecule has 0 bridgehead atoms. The summed E-state index contributed by atoms with van der Waals surface area (Å²) in [4.78, 5) is 22.4. The fourth-order valence-corrected chi connectivity index (χ4v) is 1.03. The summed E-state index contributed by atoms with van der Waals surface area (Å²) in [6.07, 6.45) is 4.10. The fraction of sp³-hybridized carbons (Fsp3) is 0.143. The third kappa shape index (κ3) is 1.17. The number of hydrogen-bond donors (Lipinski definition) is 1. The number of aliphatic hydroxyl groups is 1. The quantitative estimate of drug-likeness (QED) is 0.614. The van der Waals surface area contributed by atoms with Crippen molar-refractivity contribution < 1.29 is 5.11 Å². The molecule has 0 amide bonds. The molecule has 0 aliphatic rings. The van der Waals surface area contributed by atoms with Crippen LogP contribution in [-0.2, 0) is 6.73 Å². The van der Waals surface area contributed by atoms with Crippen LogP contribution in [0, 0.1) is 0 Å². The second kappa shape index (κ2) is 2.91. The lowest BCUT2D eigenvalue weighted by molar-refractivity contribution is 0.212. The molecule has 0 spiro atoms. The molecule has 2 aromatic rings. The molecule has 0 aromatic carbocycles. The summed E-state index contributed by atoms with van der Waals surface area (Å²) in [7, 11) is 0. The Balaban J connectivity index is 2.93. The van der Waals surface area contributed by atoms with Gasteiger partial charge in [-0.25, -0.2) is 9.97 Å². The van der Waals surface area contributed by atoms with E-state index in [4.69, 9.17) is 5.11 Å². The van der Waals surface area contributed by atoms with Crippen molar-refractivity contribution in [2.24, 2.45) is 0 Å². The average molecular weight is 178 g/mol. The van der Waals surface area contributed by atoms with Gasteiger partial charge in [0, 0.05) is 12.4 Å². The van der Waals surface area contributed by atoms with Crippen LogP contribution < -0.4 is 5.56 Å². The predicted molar refractivity (Wildman–Crippen MR) is 43.8 cm³/mol. The lowest BCUT2D eigenvalue weighted by Crippen LogP contribution is -2.14. The van der Waals surface area contributed by atoms with Gasteiger partial charge in [-0.3, -0.25) is 9.36 Å². The third-order valence-electron chi connectivity index (χ3n) is 1.62. The Morgan fingerprint density at radius 1 is 1.31 bits per heavy atom. The highest BCUT2D eigenvalue weighted by Gasteiger charge is 2.03. The molecule has 0 aliphatic carbocycles. The summed E-state index contributed by atoms with van der Waals surface area (Å²) >= 11 is 0. The predicted octanol–water partition coefficient (Wildman–Crippen LogP) is -0.864. The van der Waals surface area contributed by atoms with Crippen molar-refractivity contribution in [2.75, 3.05) is 0 Å². The molecule has 2 aromatic heterocycles. The molecule has 13 heavy (non-hydrogen) atoms. The topological polar surface area (TPSA) is 80.9 Å². The van der Waals surface area contributed by atoms with E-state index in [1.54, 1.807) is 0 Å². The molecule has 0 saturated heterocycles. The second-order valence-electron chi connectivity index (χ2n) is 2.39. The lowest BCUT2D eigenvalue weighted by Gasteiger charge is -2.02. The Morgan fingerprint density at radius 2 is 2.08 bits per heavy atom. The zero-order chi connectivity index (χ0) is 9.26. The number of fused-ring (bicyclic) bond motifs is 1. The van der Waals surface area contributed by atoms with Crippen molar-refractivity contribution in [1.29, 1.82) is 0 Å². The summed E-state index contributed by atoms with van der Waals surface area (Å²) < 4.78 is 1.34. The van der Waals surface area contributed by atoms with Crippen LogP contribution >= 0.6 is 0 Å². The summed E-state index contributed by atoms with van der Waals surface area (Å²) in [5.41, 5.74) is 0.0665. The van der Waals surface area contributed by atoms with E-state index in [1.165, 1.54) is 23.3 Å². The molecule has 0 atom stereocenters. The average Bonchev–Trinajstić information content (AvgIpc) is 2.19. The van der Waals surface area contributed by atoms with E-state index in [0.29, 0.717) is 5.65 Å². The Hall–Kier alpha value is -1.82. The van der Waals surface area contributed by atoms with Crippen LogP contribution in [0.15, 0.2) is 23.5 Å². The van der Waals surface area contributed by atoms with E-state index in [9.17, 15) is 4.79 Å². The number of nitrogens with zero attached hydrogens (tertiary/aromatic N) is 4. The van der Waals surface area contributed by atoms with Gasteiger partial charge in [-0.15, -0.1) is 0 Å². The lowest BCUT2D eigenvalue weighted by atomic mass is 10.5. The van der Waals surface area contributed by atoms with Crippen molar-refractivity contribution in [1.82, 2.24) is 19.5 Å². The maximum absolute atomic E-state index is 11.1. The molecule has 0 aliphatic heterocycles. The van der Waals surface area contributed by atoms with E-state index >= 15 is 0 Å². The molecule has 2 rings (SSSR count).